The Kier molecular flexibility index (Phi) is 4.64. The minimum Gasteiger partial charge on any atom is -0.338 e. The van der Waals surface area contributed by atoms with Gasteiger partial charge in [-0.3, -0.25) is 14.6 Å². The number of aromatic nitrogens is 4. The molecular weight excluding hydrogens is 310 g/mol. The maximum absolute atomic E-state index is 12.7. The summed E-state index contributed by atoms with van der Waals surface area (Å²) in [5, 5.41) is 0. The number of aryl methyl sites for hydroxylation is 2. The molecule has 1 atom stereocenters. The van der Waals surface area contributed by atoms with E-state index in [9.17, 15) is 14.4 Å². The average Bonchev–Trinajstić information content (AvgIpc) is 2.97. The van der Waals surface area contributed by atoms with E-state index in [0.29, 0.717) is 6.54 Å². The second-order valence-electron chi connectivity index (χ2n) is 6.14. The second-order valence-corrected chi connectivity index (χ2v) is 6.14. The molecule has 0 radical (unpaired) electrons. The van der Waals surface area contributed by atoms with Crippen molar-refractivity contribution in [3.05, 3.63) is 50.8 Å². The molecule has 3 heterocycles. The van der Waals surface area contributed by atoms with E-state index in [1.165, 1.54) is 0 Å². The molecule has 0 spiro atoms. The van der Waals surface area contributed by atoms with Gasteiger partial charge >= 0.3 is 5.69 Å². The summed E-state index contributed by atoms with van der Waals surface area (Å²) in [7, 11) is 1.95. The molecule has 0 saturated carbocycles. The summed E-state index contributed by atoms with van der Waals surface area (Å²) in [5.41, 5.74) is -1.18. The monoisotopic (exact) mass is 331 g/mol. The topological polar surface area (TPSA) is 104 Å². The Hall–Kier alpha value is -2.64. The zero-order valence-electron chi connectivity index (χ0n) is 13.6. The molecule has 128 valence electrons. The Labute approximate surface area is 138 Å². The molecule has 0 aromatic carbocycles. The molecule has 2 aromatic rings. The number of hydrogen-bond donors (Lipinski definition) is 2. The lowest BCUT2D eigenvalue weighted by Gasteiger charge is -2.35. The highest BCUT2D eigenvalue weighted by molar-refractivity contribution is 5.92. The number of carbonyl (C=O) groups excluding carboxylic acids is 1. The predicted molar refractivity (Wildman–Crippen MR) is 87.9 cm³/mol. The van der Waals surface area contributed by atoms with Gasteiger partial charge in [-0.05, 0) is 25.7 Å². The molecular formula is C16H21N5O3. The van der Waals surface area contributed by atoms with Crippen LogP contribution in [0, 0.1) is 0 Å². The quantitative estimate of drug-likeness (QED) is 0.847. The van der Waals surface area contributed by atoms with Gasteiger partial charge < -0.3 is 14.5 Å². The van der Waals surface area contributed by atoms with Gasteiger partial charge in [0.15, 0.2) is 0 Å². The van der Waals surface area contributed by atoms with Gasteiger partial charge in [-0.25, -0.2) is 9.78 Å². The van der Waals surface area contributed by atoms with E-state index < -0.39 is 11.2 Å². The van der Waals surface area contributed by atoms with Crippen LogP contribution in [0.5, 0.6) is 0 Å². The Morgan fingerprint density at radius 1 is 1.33 bits per heavy atom. The zero-order chi connectivity index (χ0) is 17.1. The highest BCUT2D eigenvalue weighted by Gasteiger charge is 2.28. The highest BCUT2D eigenvalue weighted by atomic mass is 16.2. The molecule has 0 bridgehead atoms. The largest absolute Gasteiger partial charge is 0.338 e. The molecule has 3 rings (SSSR count). The van der Waals surface area contributed by atoms with Gasteiger partial charge in [-0.15, -0.1) is 0 Å². The molecule has 1 amide bonds. The lowest BCUT2D eigenvalue weighted by Crippen LogP contribution is -2.45. The van der Waals surface area contributed by atoms with Crippen molar-refractivity contribution in [1.82, 2.24) is 24.4 Å². The molecule has 0 aliphatic carbocycles. The van der Waals surface area contributed by atoms with Crippen molar-refractivity contribution in [3.63, 3.8) is 0 Å². The summed E-state index contributed by atoms with van der Waals surface area (Å²) in [5.74, 6) is 0.695. The summed E-state index contributed by atoms with van der Waals surface area (Å²) in [6.07, 6.45) is 8.18. The maximum Gasteiger partial charge on any atom is 0.326 e. The van der Waals surface area contributed by atoms with Crippen LogP contribution in [0.25, 0.3) is 0 Å². The number of aromatic amines is 2. The van der Waals surface area contributed by atoms with Gasteiger partial charge in [0.1, 0.15) is 11.5 Å². The fraction of sp³-hybridized carbons (Fsp3) is 0.500. The molecule has 1 aliphatic heterocycles. The van der Waals surface area contributed by atoms with E-state index in [1.54, 1.807) is 11.1 Å². The molecule has 0 unspecified atom stereocenters. The summed E-state index contributed by atoms with van der Waals surface area (Å²) in [6, 6.07) is 1.24. The Balaban J connectivity index is 1.76. The van der Waals surface area contributed by atoms with E-state index in [1.807, 2.05) is 17.8 Å². The molecule has 8 nitrogen and oxygen atoms in total. The Bertz CT molecular complexity index is 806. The van der Waals surface area contributed by atoms with Gasteiger partial charge in [-0.2, -0.15) is 0 Å². The van der Waals surface area contributed by atoms with Gasteiger partial charge in [0.2, 0.25) is 0 Å². The second kappa shape index (κ2) is 6.86. The number of piperidine rings is 1. The number of amides is 1. The molecule has 8 heteroatoms. The van der Waals surface area contributed by atoms with Crippen molar-refractivity contribution in [2.45, 2.75) is 38.1 Å². The zero-order valence-corrected chi connectivity index (χ0v) is 13.6. The number of hydrogen-bond acceptors (Lipinski definition) is 4. The van der Waals surface area contributed by atoms with Gasteiger partial charge in [0.05, 0.1) is 0 Å². The third-order valence-corrected chi connectivity index (χ3v) is 4.50. The van der Waals surface area contributed by atoms with Gasteiger partial charge in [-0.1, -0.05) is 0 Å². The van der Waals surface area contributed by atoms with Crippen molar-refractivity contribution in [2.24, 2.45) is 7.05 Å². The van der Waals surface area contributed by atoms with Crippen molar-refractivity contribution in [3.8, 4) is 0 Å². The van der Waals surface area contributed by atoms with E-state index >= 15 is 0 Å². The Morgan fingerprint density at radius 2 is 2.17 bits per heavy atom. The fourth-order valence-corrected chi connectivity index (χ4v) is 3.24. The first-order chi connectivity index (χ1) is 11.5. The van der Waals surface area contributed by atoms with Crippen LogP contribution in [0.4, 0.5) is 0 Å². The predicted octanol–water partition coefficient (Wildman–Crippen LogP) is 0.424. The van der Waals surface area contributed by atoms with Crippen LogP contribution >= 0.6 is 0 Å². The molecule has 2 aromatic heterocycles. The van der Waals surface area contributed by atoms with Crippen molar-refractivity contribution in [2.75, 3.05) is 6.54 Å². The Morgan fingerprint density at radius 3 is 2.88 bits per heavy atom. The van der Waals surface area contributed by atoms with Gasteiger partial charge in [0, 0.05) is 44.5 Å². The van der Waals surface area contributed by atoms with Crippen LogP contribution < -0.4 is 11.2 Å². The summed E-state index contributed by atoms with van der Waals surface area (Å²) >= 11 is 0. The van der Waals surface area contributed by atoms with E-state index in [4.69, 9.17) is 0 Å². The first kappa shape index (κ1) is 16.2. The third kappa shape index (κ3) is 3.47. The van der Waals surface area contributed by atoms with Crippen LogP contribution in [0.1, 0.15) is 42.0 Å². The number of H-pyrrole nitrogens is 2. The number of rotatable bonds is 4. The van der Waals surface area contributed by atoms with E-state index in [0.717, 1.165) is 44.0 Å². The number of likely N-dealkylation sites (tertiary alicyclic amines) is 1. The SMILES string of the molecule is Cn1ccnc1CC[C@@H]1CCCCN1C(=O)c1cc(=O)[nH]c(=O)[nH]1. The number of imidazole rings is 1. The van der Waals surface area contributed by atoms with Crippen LogP contribution in [-0.4, -0.2) is 42.9 Å². The average molecular weight is 331 g/mol. The minimum absolute atomic E-state index is 0.0487. The third-order valence-electron chi connectivity index (χ3n) is 4.50. The summed E-state index contributed by atoms with van der Waals surface area (Å²) in [6.45, 7) is 0.638. The van der Waals surface area contributed by atoms with Crippen LogP contribution in [0.2, 0.25) is 0 Å². The van der Waals surface area contributed by atoms with E-state index in [2.05, 4.69) is 15.0 Å². The van der Waals surface area contributed by atoms with Crippen LogP contribution in [-0.2, 0) is 13.5 Å². The minimum atomic E-state index is -0.660. The molecule has 1 fully saturated rings. The summed E-state index contributed by atoms with van der Waals surface area (Å²) < 4.78 is 1.98. The normalized spacial score (nSPS) is 17.9. The van der Waals surface area contributed by atoms with Crippen LogP contribution in [0.3, 0.4) is 0 Å². The van der Waals surface area contributed by atoms with Crippen LogP contribution in [0.15, 0.2) is 28.0 Å². The molecule has 1 saturated heterocycles. The first-order valence-electron chi connectivity index (χ1n) is 8.15. The van der Waals surface area contributed by atoms with Crippen molar-refractivity contribution < 1.29 is 4.79 Å². The molecule has 2 N–H and O–H groups in total. The fourth-order valence-electron chi connectivity index (χ4n) is 3.24. The molecule has 1 aliphatic rings. The smallest absolute Gasteiger partial charge is 0.326 e. The summed E-state index contributed by atoms with van der Waals surface area (Å²) in [4.78, 5) is 46.2. The first-order valence-corrected chi connectivity index (χ1v) is 8.15. The van der Waals surface area contributed by atoms with Gasteiger partial charge in [0.25, 0.3) is 11.5 Å². The van der Waals surface area contributed by atoms with Crippen molar-refractivity contribution in [1.29, 1.82) is 0 Å². The number of carbonyl (C=O) groups is 1. The standard InChI is InChI=1S/C16H21N5O3/c1-20-9-7-17-13(20)6-5-11-4-2-3-8-21(11)15(23)12-10-14(22)19-16(24)18-12/h7,9-11H,2-6,8H2,1H3,(H2,18,19,22,24)/t11-/m0/s1. The highest BCUT2D eigenvalue weighted by Crippen LogP contribution is 2.22. The maximum atomic E-state index is 12.7. The van der Waals surface area contributed by atoms with E-state index in [-0.39, 0.29) is 17.6 Å². The molecule has 24 heavy (non-hydrogen) atoms. The lowest BCUT2D eigenvalue weighted by atomic mass is 9.97. The number of nitrogens with one attached hydrogen (secondary N) is 2. The van der Waals surface area contributed by atoms with Crippen molar-refractivity contribution >= 4 is 5.91 Å². The number of nitrogens with zero attached hydrogens (tertiary/aromatic N) is 3. The lowest BCUT2D eigenvalue weighted by molar-refractivity contribution is 0.0594.